The van der Waals surface area contributed by atoms with Crippen molar-refractivity contribution >= 4 is 34.8 Å². The average molecular weight is 318 g/mol. The van der Waals surface area contributed by atoms with Crippen molar-refractivity contribution in [3.63, 3.8) is 0 Å². The SMILES string of the molecule is CC1=CN(C)B(c2cc(C)cc[n+]2C)c2oc3nc(C)ccc3c21. The first-order chi connectivity index (χ1) is 11.5. The summed E-state index contributed by atoms with van der Waals surface area (Å²) in [5.74, 6) is 0. The fraction of sp³-hybridized carbons (Fsp3) is 0.263. The molecule has 0 bridgehead atoms. The van der Waals surface area contributed by atoms with Crippen LogP contribution in [0.25, 0.3) is 16.7 Å². The van der Waals surface area contributed by atoms with Gasteiger partial charge in [0.25, 0.3) is 0 Å². The van der Waals surface area contributed by atoms with Gasteiger partial charge in [-0.3, -0.25) is 0 Å². The van der Waals surface area contributed by atoms with Gasteiger partial charge in [0, 0.05) is 28.8 Å². The lowest BCUT2D eigenvalue weighted by molar-refractivity contribution is -0.654. The molecule has 120 valence electrons. The van der Waals surface area contributed by atoms with E-state index in [0.717, 1.165) is 22.5 Å². The van der Waals surface area contributed by atoms with E-state index in [1.807, 2.05) is 13.0 Å². The van der Waals surface area contributed by atoms with E-state index in [1.54, 1.807) is 0 Å². The van der Waals surface area contributed by atoms with E-state index in [9.17, 15) is 0 Å². The molecule has 3 aromatic rings. The highest BCUT2D eigenvalue weighted by Gasteiger charge is 2.41. The van der Waals surface area contributed by atoms with Gasteiger partial charge in [-0.15, -0.1) is 0 Å². The molecule has 4 rings (SSSR count). The second-order valence-electron chi connectivity index (χ2n) is 6.77. The summed E-state index contributed by atoms with van der Waals surface area (Å²) in [6.07, 6.45) is 4.30. The van der Waals surface area contributed by atoms with E-state index in [2.05, 4.69) is 72.9 Å². The molecule has 24 heavy (non-hydrogen) atoms. The maximum absolute atomic E-state index is 6.27. The molecule has 0 amide bonds. The molecular weight excluding hydrogens is 297 g/mol. The van der Waals surface area contributed by atoms with Crippen LogP contribution in [0.2, 0.25) is 0 Å². The van der Waals surface area contributed by atoms with Crippen molar-refractivity contribution in [3.05, 3.63) is 53.5 Å². The van der Waals surface area contributed by atoms with Crippen molar-refractivity contribution in [1.29, 1.82) is 0 Å². The van der Waals surface area contributed by atoms with Gasteiger partial charge in [0.05, 0.1) is 0 Å². The van der Waals surface area contributed by atoms with Crippen LogP contribution in [0.5, 0.6) is 0 Å². The van der Waals surface area contributed by atoms with E-state index in [0.29, 0.717) is 0 Å². The van der Waals surface area contributed by atoms with Crippen LogP contribution in [0.4, 0.5) is 0 Å². The number of nitrogens with zero attached hydrogens (tertiary/aromatic N) is 3. The van der Waals surface area contributed by atoms with Crippen LogP contribution in [0, 0.1) is 13.8 Å². The van der Waals surface area contributed by atoms with Gasteiger partial charge in [0.1, 0.15) is 12.7 Å². The molecule has 1 aliphatic rings. The number of pyridine rings is 2. The molecule has 0 aromatic carbocycles. The third kappa shape index (κ3) is 2.15. The van der Waals surface area contributed by atoms with Crippen molar-refractivity contribution in [2.75, 3.05) is 7.05 Å². The number of allylic oxidation sites excluding steroid dienone is 1. The summed E-state index contributed by atoms with van der Waals surface area (Å²) in [5.41, 5.74) is 7.52. The second kappa shape index (κ2) is 5.23. The van der Waals surface area contributed by atoms with Crippen molar-refractivity contribution in [2.45, 2.75) is 20.8 Å². The zero-order valence-corrected chi connectivity index (χ0v) is 14.8. The zero-order chi connectivity index (χ0) is 17.0. The Morgan fingerprint density at radius 1 is 1.17 bits per heavy atom. The minimum absolute atomic E-state index is 0.0445. The van der Waals surface area contributed by atoms with E-state index in [1.165, 1.54) is 22.3 Å². The first kappa shape index (κ1) is 15.0. The first-order valence-corrected chi connectivity index (χ1v) is 8.22. The molecule has 5 heteroatoms. The summed E-state index contributed by atoms with van der Waals surface area (Å²) in [6, 6.07) is 8.52. The average Bonchev–Trinajstić information content (AvgIpc) is 2.89. The Morgan fingerprint density at radius 3 is 2.75 bits per heavy atom. The van der Waals surface area contributed by atoms with E-state index < -0.39 is 0 Å². The van der Waals surface area contributed by atoms with Crippen LogP contribution in [-0.2, 0) is 7.05 Å². The summed E-state index contributed by atoms with van der Waals surface area (Å²) in [4.78, 5) is 6.81. The van der Waals surface area contributed by atoms with Crippen molar-refractivity contribution in [1.82, 2.24) is 9.79 Å². The van der Waals surface area contributed by atoms with Crippen molar-refractivity contribution in [2.24, 2.45) is 7.05 Å². The molecule has 0 fully saturated rings. The quantitative estimate of drug-likeness (QED) is 0.506. The normalized spacial score (nSPS) is 14.1. The highest BCUT2D eigenvalue weighted by atomic mass is 16.3. The van der Waals surface area contributed by atoms with Crippen LogP contribution in [0.3, 0.4) is 0 Å². The summed E-state index contributed by atoms with van der Waals surface area (Å²) in [6.45, 7) is 6.30. The molecule has 0 unspecified atom stereocenters. The molecule has 1 aliphatic heterocycles. The Balaban J connectivity index is 2.01. The Bertz CT molecular complexity index is 990. The lowest BCUT2D eigenvalue weighted by Crippen LogP contribution is -2.65. The lowest BCUT2D eigenvalue weighted by atomic mass is 9.52. The Hall–Kier alpha value is -2.56. The molecule has 3 aromatic heterocycles. The third-order valence-corrected chi connectivity index (χ3v) is 4.79. The Kier molecular flexibility index (Phi) is 3.27. The molecule has 4 nitrogen and oxygen atoms in total. The van der Waals surface area contributed by atoms with Crippen molar-refractivity contribution in [3.8, 4) is 0 Å². The van der Waals surface area contributed by atoms with Gasteiger partial charge in [-0.05, 0) is 57.3 Å². The number of fused-ring (bicyclic) bond motifs is 3. The zero-order valence-electron chi connectivity index (χ0n) is 14.8. The van der Waals surface area contributed by atoms with Gasteiger partial charge in [0.15, 0.2) is 11.8 Å². The molecule has 0 atom stereocenters. The Morgan fingerprint density at radius 2 is 1.96 bits per heavy atom. The maximum atomic E-state index is 6.27. The lowest BCUT2D eigenvalue weighted by Gasteiger charge is -2.26. The van der Waals surface area contributed by atoms with Gasteiger partial charge in [-0.2, -0.15) is 0 Å². The van der Waals surface area contributed by atoms with Crippen LogP contribution >= 0.6 is 0 Å². The minimum atomic E-state index is 0.0445. The number of hydrogen-bond donors (Lipinski definition) is 0. The van der Waals surface area contributed by atoms with E-state index in [-0.39, 0.29) is 6.85 Å². The molecule has 0 radical (unpaired) electrons. The number of rotatable bonds is 1. The number of hydrogen-bond acceptors (Lipinski definition) is 3. The highest BCUT2D eigenvalue weighted by molar-refractivity contribution is 6.82. The highest BCUT2D eigenvalue weighted by Crippen LogP contribution is 2.28. The Labute approximate surface area is 142 Å². The summed E-state index contributed by atoms with van der Waals surface area (Å²) >= 11 is 0. The van der Waals surface area contributed by atoms with E-state index in [4.69, 9.17) is 4.42 Å². The van der Waals surface area contributed by atoms with Gasteiger partial charge in [-0.25, -0.2) is 9.55 Å². The summed E-state index contributed by atoms with van der Waals surface area (Å²) in [7, 11) is 4.18. The molecule has 0 saturated carbocycles. The standard InChI is InChI=1S/C19H21BN3O/c1-12-8-9-22(4)16(10-12)20-18-17(13(2)11-23(20)5)15-7-6-14(3)21-19(15)24-18/h6-11H,1-5H3/q+1. The van der Waals surface area contributed by atoms with Crippen molar-refractivity contribution < 1.29 is 8.98 Å². The van der Waals surface area contributed by atoms with E-state index >= 15 is 0 Å². The predicted octanol–water partition coefficient (Wildman–Crippen LogP) is 1.68. The predicted molar refractivity (Wildman–Crippen MR) is 97.5 cm³/mol. The summed E-state index contributed by atoms with van der Waals surface area (Å²) in [5, 5.41) is 1.10. The molecule has 0 aliphatic carbocycles. The van der Waals surface area contributed by atoms with Crippen LogP contribution in [0.15, 0.2) is 41.1 Å². The molecule has 0 saturated heterocycles. The van der Waals surface area contributed by atoms with Gasteiger partial charge in [-0.1, -0.05) is 0 Å². The van der Waals surface area contributed by atoms with Gasteiger partial charge < -0.3 is 9.23 Å². The topological polar surface area (TPSA) is 33.2 Å². The monoisotopic (exact) mass is 318 g/mol. The second-order valence-corrected chi connectivity index (χ2v) is 6.77. The van der Waals surface area contributed by atoms with Crippen LogP contribution in [-0.4, -0.2) is 23.7 Å². The summed E-state index contributed by atoms with van der Waals surface area (Å²) < 4.78 is 8.43. The van der Waals surface area contributed by atoms with Gasteiger partial charge in [0.2, 0.25) is 5.71 Å². The van der Waals surface area contributed by atoms with Gasteiger partial charge >= 0.3 is 6.85 Å². The number of aryl methyl sites for hydroxylation is 3. The maximum Gasteiger partial charge on any atom is 0.443 e. The smallest absolute Gasteiger partial charge is 0.443 e. The third-order valence-electron chi connectivity index (χ3n) is 4.79. The largest absolute Gasteiger partial charge is 0.449 e. The first-order valence-electron chi connectivity index (χ1n) is 8.22. The molecular formula is C19H21BN3O+. The minimum Gasteiger partial charge on any atom is -0.449 e. The molecule has 0 N–H and O–H groups in total. The van der Waals surface area contributed by atoms with Crippen LogP contribution < -0.4 is 15.8 Å². The molecule has 0 spiro atoms. The fourth-order valence-electron chi connectivity index (χ4n) is 3.63. The molecule has 4 heterocycles. The number of furan rings is 1. The number of aromatic nitrogens is 2. The fourth-order valence-corrected chi connectivity index (χ4v) is 3.63. The van der Waals surface area contributed by atoms with Crippen LogP contribution in [0.1, 0.15) is 23.7 Å².